The standard InChI is InChI=1S/C20H26N4O5S/c1-13(18(26)21-14-7-11-30(28,29)12-14)24-10-9-20(8-6-17(24)25)22-16-5-3-2-4-15(16)19(27)23-20/h2-5,13-14,22H,6-12H2,1H3,(H,21,26)(H,23,27)/t13-,14-,20+/m1/s1. The van der Waals surface area contributed by atoms with E-state index in [-0.39, 0.29) is 35.6 Å². The van der Waals surface area contributed by atoms with Crippen LogP contribution < -0.4 is 16.0 Å². The Morgan fingerprint density at radius 1 is 1.23 bits per heavy atom. The monoisotopic (exact) mass is 434 g/mol. The second-order valence-electron chi connectivity index (χ2n) is 8.33. The molecule has 3 N–H and O–H groups in total. The van der Waals surface area contributed by atoms with E-state index in [1.165, 1.54) is 4.90 Å². The minimum atomic E-state index is -3.10. The number of anilines is 1. The van der Waals surface area contributed by atoms with Crippen molar-refractivity contribution < 1.29 is 22.8 Å². The van der Waals surface area contributed by atoms with Crippen LogP contribution in [0.15, 0.2) is 24.3 Å². The summed E-state index contributed by atoms with van der Waals surface area (Å²) < 4.78 is 23.2. The molecule has 9 nitrogen and oxygen atoms in total. The van der Waals surface area contributed by atoms with Gasteiger partial charge in [0.2, 0.25) is 11.8 Å². The van der Waals surface area contributed by atoms with E-state index < -0.39 is 27.6 Å². The minimum absolute atomic E-state index is 0.0577. The predicted octanol–water partition coefficient (Wildman–Crippen LogP) is 0.243. The summed E-state index contributed by atoms with van der Waals surface area (Å²) in [6.45, 7) is 1.95. The molecule has 0 radical (unpaired) electrons. The van der Waals surface area contributed by atoms with E-state index in [9.17, 15) is 22.8 Å². The van der Waals surface area contributed by atoms with Crippen molar-refractivity contribution in [2.75, 3.05) is 23.4 Å². The molecule has 1 spiro atoms. The normalized spacial score (nSPS) is 28.8. The summed E-state index contributed by atoms with van der Waals surface area (Å²) in [5, 5.41) is 9.16. The van der Waals surface area contributed by atoms with Crippen molar-refractivity contribution in [3.63, 3.8) is 0 Å². The first-order valence-electron chi connectivity index (χ1n) is 10.2. The molecule has 2 saturated heterocycles. The van der Waals surface area contributed by atoms with Gasteiger partial charge >= 0.3 is 0 Å². The number of fused-ring (bicyclic) bond motifs is 1. The van der Waals surface area contributed by atoms with Crippen LogP contribution in [-0.2, 0) is 19.4 Å². The molecule has 0 aromatic heterocycles. The van der Waals surface area contributed by atoms with Crippen LogP contribution in [0, 0.1) is 0 Å². The van der Waals surface area contributed by atoms with E-state index in [1.807, 2.05) is 12.1 Å². The lowest BCUT2D eigenvalue weighted by molar-refractivity contribution is -0.139. The molecule has 1 aromatic carbocycles. The minimum Gasteiger partial charge on any atom is -0.362 e. The topological polar surface area (TPSA) is 125 Å². The molecule has 1 aromatic rings. The highest BCUT2D eigenvalue weighted by Gasteiger charge is 2.42. The molecule has 0 saturated carbocycles. The summed E-state index contributed by atoms with van der Waals surface area (Å²) in [5.41, 5.74) is 0.552. The lowest BCUT2D eigenvalue weighted by Gasteiger charge is -2.40. The fraction of sp³-hybridized carbons (Fsp3) is 0.550. The van der Waals surface area contributed by atoms with Gasteiger partial charge in [0.05, 0.1) is 17.1 Å². The van der Waals surface area contributed by atoms with Crippen molar-refractivity contribution in [2.45, 2.75) is 50.4 Å². The maximum absolute atomic E-state index is 12.8. The second-order valence-corrected chi connectivity index (χ2v) is 10.6. The molecule has 3 amide bonds. The van der Waals surface area contributed by atoms with Gasteiger partial charge in [-0.1, -0.05) is 12.1 Å². The largest absolute Gasteiger partial charge is 0.362 e. The molecule has 3 aliphatic rings. The van der Waals surface area contributed by atoms with Gasteiger partial charge in [0.25, 0.3) is 5.91 Å². The van der Waals surface area contributed by atoms with Crippen LogP contribution in [0.3, 0.4) is 0 Å². The van der Waals surface area contributed by atoms with Gasteiger partial charge < -0.3 is 20.9 Å². The molecule has 3 heterocycles. The zero-order chi connectivity index (χ0) is 21.5. The highest BCUT2D eigenvalue weighted by atomic mass is 32.2. The Morgan fingerprint density at radius 2 is 2.00 bits per heavy atom. The van der Waals surface area contributed by atoms with Gasteiger partial charge in [0.15, 0.2) is 9.84 Å². The number of carbonyl (C=O) groups excluding carboxylic acids is 3. The smallest absolute Gasteiger partial charge is 0.255 e. The number of benzene rings is 1. The van der Waals surface area contributed by atoms with E-state index in [0.717, 1.165) is 5.69 Å². The van der Waals surface area contributed by atoms with Gasteiger partial charge in [-0.25, -0.2) is 8.42 Å². The molecule has 0 unspecified atom stereocenters. The number of para-hydroxylation sites is 1. The molecule has 4 rings (SSSR count). The molecule has 3 aliphatic heterocycles. The quantitative estimate of drug-likeness (QED) is 0.626. The zero-order valence-electron chi connectivity index (χ0n) is 16.8. The molecule has 2 fully saturated rings. The Balaban J connectivity index is 1.44. The van der Waals surface area contributed by atoms with Crippen LogP contribution in [0.2, 0.25) is 0 Å². The van der Waals surface area contributed by atoms with E-state index in [0.29, 0.717) is 31.4 Å². The predicted molar refractivity (Wildman–Crippen MR) is 110 cm³/mol. The fourth-order valence-electron chi connectivity index (χ4n) is 4.42. The fourth-order valence-corrected chi connectivity index (χ4v) is 6.09. The lowest BCUT2D eigenvalue weighted by Crippen LogP contribution is -2.58. The number of likely N-dealkylation sites (tertiary alicyclic amines) is 1. The second kappa shape index (κ2) is 7.57. The van der Waals surface area contributed by atoms with Crippen LogP contribution in [0.1, 0.15) is 43.0 Å². The third-order valence-corrected chi connectivity index (χ3v) is 7.96. The van der Waals surface area contributed by atoms with Gasteiger partial charge in [0.1, 0.15) is 11.7 Å². The summed E-state index contributed by atoms with van der Waals surface area (Å²) in [7, 11) is -3.10. The van der Waals surface area contributed by atoms with Gasteiger partial charge in [-0.15, -0.1) is 0 Å². The number of sulfone groups is 1. The van der Waals surface area contributed by atoms with Gasteiger partial charge in [-0.05, 0) is 31.9 Å². The van der Waals surface area contributed by atoms with Crippen molar-refractivity contribution in [1.82, 2.24) is 15.5 Å². The van der Waals surface area contributed by atoms with Crippen molar-refractivity contribution in [3.05, 3.63) is 29.8 Å². The Bertz CT molecular complexity index is 995. The average Bonchev–Trinajstić information content (AvgIpc) is 2.96. The molecular weight excluding hydrogens is 408 g/mol. The summed E-state index contributed by atoms with van der Waals surface area (Å²) >= 11 is 0. The van der Waals surface area contributed by atoms with E-state index in [4.69, 9.17) is 0 Å². The molecule has 30 heavy (non-hydrogen) atoms. The molecule has 0 aliphatic carbocycles. The summed E-state index contributed by atoms with van der Waals surface area (Å²) in [6.07, 6.45) is 1.45. The number of carbonyl (C=O) groups is 3. The first-order valence-corrected chi connectivity index (χ1v) is 12.0. The van der Waals surface area contributed by atoms with Crippen molar-refractivity contribution in [3.8, 4) is 0 Å². The SMILES string of the molecule is C[C@H](C(=O)N[C@@H]1CCS(=O)(=O)C1)N1CC[C@]2(CCC1=O)NC(=O)c1ccccc1N2. The number of hydrogen-bond acceptors (Lipinski definition) is 6. The van der Waals surface area contributed by atoms with Gasteiger partial charge in [-0.3, -0.25) is 14.4 Å². The van der Waals surface area contributed by atoms with E-state index in [2.05, 4.69) is 16.0 Å². The maximum atomic E-state index is 12.8. The Kier molecular flexibility index (Phi) is 5.21. The van der Waals surface area contributed by atoms with Crippen molar-refractivity contribution in [1.29, 1.82) is 0 Å². The van der Waals surface area contributed by atoms with E-state index >= 15 is 0 Å². The van der Waals surface area contributed by atoms with E-state index in [1.54, 1.807) is 19.1 Å². The summed E-state index contributed by atoms with van der Waals surface area (Å²) in [6, 6.07) is 6.10. The number of nitrogens with zero attached hydrogens (tertiary/aromatic N) is 1. The average molecular weight is 435 g/mol. The lowest BCUT2D eigenvalue weighted by atomic mass is 9.95. The molecule has 3 atom stereocenters. The first kappa shape index (κ1) is 20.6. The zero-order valence-corrected chi connectivity index (χ0v) is 17.6. The van der Waals surface area contributed by atoms with Crippen molar-refractivity contribution >= 4 is 33.2 Å². The third-order valence-electron chi connectivity index (χ3n) is 6.19. The Morgan fingerprint density at radius 3 is 2.73 bits per heavy atom. The molecular formula is C20H26N4O5S. The van der Waals surface area contributed by atoms with Crippen LogP contribution in [0.25, 0.3) is 0 Å². The van der Waals surface area contributed by atoms with Gasteiger partial charge in [-0.2, -0.15) is 0 Å². The van der Waals surface area contributed by atoms with Crippen LogP contribution in [0.5, 0.6) is 0 Å². The summed E-state index contributed by atoms with van der Waals surface area (Å²) in [5.74, 6) is -0.684. The molecule has 0 bridgehead atoms. The van der Waals surface area contributed by atoms with Crippen LogP contribution in [-0.4, -0.2) is 66.8 Å². The first-order chi connectivity index (χ1) is 14.2. The number of amides is 3. The highest BCUT2D eigenvalue weighted by molar-refractivity contribution is 7.91. The number of rotatable bonds is 3. The Labute approximate surface area is 175 Å². The van der Waals surface area contributed by atoms with Crippen LogP contribution >= 0.6 is 0 Å². The Hall–Kier alpha value is -2.62. The summed E-state index contributed by atoms with van der Waals surface area (Å²) in [4.78, 5) is 39.5. The number of nitrogens with one attached hydrogen (secondary N) is 3. The number of hydrogen-bond donors (Lipinski definition) is 3. The molecule has 162 valence electrons. The van der Waals surface area contributed by atoms with Gasteiger partial charge in [0, 0.05) is 31.1 Å². The highest BCUT2D eigenvalue weighted by Crippen LogP contribution is 2.32. The molecule has 10 heteroatoms. The van der Waals surface area contributed by atoms with Crippen LogP contribution in [0.4, 0.5) is 5.69 Å². The maximum Gasteiger partial charge on any atom is 0.255 e. The van der Waals surface area contributed by atoms with Crippen molar-refractivity contribution in [2.24, 2.45) is 0 Å². The third kappa shape index (κ3) is 4.00.